The molecule has 0 aliphatic rings. The van der Waals surface area contributed by atoms with Crippen LogP contribution in [0.25, 0.3) is 5.65 Å². The molecule has 0 aromatic carbocycles. The molecule has 3 aromatic heterocycles. The van der Waals surface area contributed by atoms with Crippen molar-refractivity contribution in [1.82, 2.24) is 29.0 Å². The number of hydrogen-bond donors (Lipinski definition) is 0. The van der Waals surface area contributed by atoms with Gasteiger partial charge in [0, 0.05) is 20.3 Å². The van der Waals surface area contributed by atoms with Crippen molar-refractivity contribution in [3.8, 4) is 0 Å². The van der Waals surface area contributed by atoms with E-state index in [0.29, 0.717) is 5.16 Å². The van der Waals surface area contributed by atoms with Gasteiger partial charge in [-0.05, 0) is 30.8 Å². The summed E-state index contributed by atoms with van der Waals surface area (Å²) < 4.78 is 3.20. The average Bonchev–Trinajstić information content (AvgIpc) is 3.04. The van der Waals surface area contributed by atoms with E-state index >= 15 is 0 Å². The number of pyridine rings is 1. The first kappa shape index (κ1) is 13.6. The molecule has 0 radical (unpaired) electrons. The molecular weight excluding hydrogens is 288 g/mol. The van der Waals surface area contributed by atoms with Gasteiger partial charge < -0.3 is 4.90 Å². The van der Waals surface area contributed by atoms with Crippen LogP contribution >= 0.6 is 11.8 Å². The van der Waals surface area contributed by atoms with Gasteiger partial charge in [-0.15, -0.1) is 5.10 Å². The van der Waals surface area contributed by atoms with Crippen molar-refractivity contribution in [1.29, 1.82) is 0 Å². The molecule has 7 nitrogen and oxygen atoms in total. The number of carbonyl (C=O) groups excluding carboxylic acids is 1. The molecular formula is C13H14N6OS. The predicted octanol–water partition coefficient (Wildman–Crippen LogP) is 1.92. The van der Waals surface area contributed by atoms with E-state index in [1.807, 2.05) is 35.7 Å². The van der Waals surface area contributed by atoms with Crippen molar-refractivity contribution < 1.29 is 4.79 Å². The third-order valence-corrected chi connectivity index (χ3v) is 3.94. The third kappa shape index (κ3) is 2.49. The largest absolute Gasteiger partial charge is 0.345 e. The molecule has 0 aliphatic carbocycles. The molecule has 0 unspecified atom stereocenters. The molecule has 108 valence electrons. The molecule has 0 fully saturated rings. The summed E-state index contributed by atoms with van der Waals surface area (Å²) >= 11 is 1.39. The van der Waals surface area contributed by atoms with Crippen LogP contribution < -0.4 is 0 Å². The molecule has 8 heteroatoms. The number of carbonyl (C=O) groups is 1. The Bertz CT molecular complexity index is 806. The summed E-state index contributed by atoms with van der Waals surface area (Å²) in [6.07, 6.45) is 3.36. The second kappa shape index (κ2) is 5.21. The number of nitrogens with zero attached hydrogens (tertiary/aromatic N) is 6. The summed E-state index contributed by atoms with van der Waals surface area (Å²) in [6, 6.07) is 5.60. The molecule has 0 atom stereocenters. The van der Waals surface area contributed by atoms with Gasteiger partial charge in [-0.2, -0.15) is 4.68 Å². The summed E-state index contributed by atoms with van der Waals surface area (Å²) in [5.74, 6) is 0. The Hall–Kier alpha value is -2.35. The molecule has 3 heterocycles. The van der Waals surface area contributed by atoms with E-state index in [1.54, 1.807) is 14.1 Å². The van der Waals surface area contributed by atoms with E-state index in [9.17, 15) is 4.79 Å². The van der Waals surface area contributed by atoms with Gasteiger partial charge in [0.05, 0.1) is 5.69 Å². The van der Waals surface area contributed by atoms with Crippen molar-refractivity contribution >= 4 is 23.4 Å². The normalized spacial score (nSPS) is 11.0. The Morgan fingerprint density at radius 2 is 2.14 bits per heavy atom. The van der Waals surface area contributed by atoms with Crippen LogP contribution in [0, 0.1) is 6.92 Å². The predicted molar refractivity (Wildman–Crippen MR) is 78.6 cm³/mol. The lowest BCUT2D eigenvalue weighted by atomic mass is 10.5. The maximum atomic E-state index is 11.8. The molecule has 3 rings (SSSR count). The zero-order valence-electron chi connectivity index (χ0n) is 11.9. The fourth-order valence-electron chi connectivity index (χ4n) is 1.89. The highest BCUT2D eigenvalue weighted by atomic mass is 32.2. The minimum absolute atomic E-state index is 0.232. The fourth-order valence-corrected chi connectivity index (χ4v) is 2.74. The van der Waals surface area contributed by atoms with Gasteiger partial charge in [0.25, 0.3) is 0 Å². The van der Waals surface area contributed by atoms with Gasteiger partial charge in [0.15, 0.2) is 0 Å². The van der Waals surface area contributed by atoms with Crippen LogP contribution in [0.3, 0.4) is 0 Å². The number of aryl methyl sites for hydroxylation is 1. The Balaban J connectivity index is 1.92. The zero-order chi connectivity index (χ0) is 15.0. The molecule has 0 saturated heterocycles. The fraction of sp³-hybridized carbons (Fsp3) is 0.231. The monoisotopic (exact) mass is 302 g/mol. The number of amides is 1. The van der Waals surface area contributed by atoms with E-state index < -0.39 is 0 Å². The van der Waals surface area contributed by atoms with Gasteiger partial charge >= 0.3 is 6.03 Å². The first-order valence-electron chi connectivity index (χ1n) is 6.31. The van der Waals surface area contributed by atoms with Crippen molar-refractivity contribution in [3.05, 3.63) is 36.4 Å². The number of fused-ring (bicyclic) bond motifs is 1. The van der Waals surface area contributed by atoms with Crippen LogP contribution in [0.5, 0.6) is 0 Å². The topological polar surface area (TPSA) is 68.3 Å². The van der Waals surface area contributed by atoms with Gasteiger partial charge in [0.1, 0.15) is 17.0 Å². The average molecular weight is 302 g/mol. The van der Waals surface area contributed by atoms with Gasteiger partial charge in [-0.3, -0.25) is 4.40 Å². The first-order chi connectivity index (χ1) is 10.1. The lowest BCUT2D eigenvalue weighted by Gasteiger charge is -2.07. The van der Waals surface area contributed by atoms with E-state index in [-0.39, 0.29) is 6.03 Å². The lowest BCUT2D eigenvalue weighted by molar-refractivity contribution is 0.215. The molecule has 3 aromatic rings. The number of aromatic nitrogens is 5. The van der Waals surface area contributed by atoms with Crippen molar-refractivity contribution in [2.45, 2.75) is 17.1 Å². The molecule has 21 heavy (non-hydrogen) atoms. The number of imidazole rings is 1. The quantitative estimate of drug-likeness (QED) is 0.723. The van der Waals surface area contributed by atoms with Crippen LogP contribution in [0.1, 0.15) is 5.69 Å². The minimum atomic E-state index is -0.232. The highest BCUT2D eigenvalue weighted by Crippen LogP contribution is 2.28. The van der Waals surface area contributed by atoms with E-state index in [2.05, 4.69) is 15.1 Å². The van der Waals surface area contributed by atoms with Gasteiger partial charge in [0.2, 0.25) is 5.16 Å². The van der Waals surface area contributed by atoms with Gasteiger partial charge in [-0.1, -0.05) is 6.07 Å². The highest BCUT2D eigenvalue weighted by molar-refractivity contribution is 7.99. The Morgan fingerprint density at radius 1 is 1.33 bits per heavy atom. The maximum Gasteiger partial charge on any atom is 0.345 e. The lowest BCUT2D eigenvalue weighted by Crippen LogP contribution is -2.27. The second-order valence-corrected chi connectivity index (χ2v) is 5.64. The summed E-state index contributed by atoms with van der Waals surface area (Å²) in [6.45, 7) is 1.94. The standard InChI is InChI=1S/C13H14N6OS/c1-9-11(18-7-5-4-6-10(18)15-9)21-12-14-8-19(16-12)13(20)17(2)3/h4-8H,1-3H3. The smallest absolute Gasteiger partial charge is 0.329 e. The molecule has 0 N–H and O–H groups in total. The SMILES string of the molecule is Cc1nc2ccccn2c1Sc1ncn(C(=O)N(C)C)n1. The van der Waals surface area contributed by atoms with Crippen LogP contribution in [0.2, 0.25) is 0 Å². The molecule has 0 aliphatic heterocycles. The molecule has 1 amide bonds. The molecule has 0 bridgehead atoms. The first-order valence-corrected chi connectivity index (χ1v) is 7.13. The number of rotatable bonds is 2. The van der Waals surface area contributed by atoms with Crippen LogP contribution in [0.4, 0.5) is 4.79 Å². The van der Waals surface area contributed by atoms with Crippen molar-refractivity contribution in [2.75, 3.05) is 14.1 Å². The van der Waals surface area contributed by atoms with Crippen LogP contribution in [0.15, 0.2) is 40.9 Å². The van der Waals surface area contributed by atoms with E-state index in [0.717, 1.165) is 16.4 Å². The van der Waals surface area contributed by atoms with Crippen molar-refractivity contribution in [3.63, 3.8) is 0 Å². The molecule has 0 spiro atoms. The third-order valence-electron chi connectivity index (χ3n) is 2.89. The maximum absolute atomic E-state index is 11.8. The van der Waals surface area contributed by atoms with Crippen molar-refractivity contribution in [2.24, 2.45) is 0 Å². The summed E-state index contributed by atoms with van der Waals surface area (Å²) in [5, 5.41) is 5.65. The van der Waals surface area contributed by atoms with E-state index in [1.165, 1.54) is 27.7 Å². The highest BCUT2D eigenvalue weighted by Gasteiger charge is 2.15. The van der Waals surface area contributed by atoms with E-state index in [4.69, 9.17) is 0 Å². The summed E-state index contributed by atoms with van der Waals surface area (Å²) in [4.78, 5) is 21.9. The minimum Gasteiger partial charge on any atom is -0.329 e. The van der Waals surface area contributed by atoms with Crippen LogP contribution in [-0.4, -0.2) is 49.2 Å². The second-order valence-electron chi connectivity index (χ2n) is 4.68. The van der Waals surface area contributed by atoms with Gasteiger partial charge in [-0.25, -0.2) is 14.8 Å². The van der Waals surface area contributed by atoms with Crippen LogP contribution in [-0.2, 0) is 0 Å². The number of hydrogen-bond acceptors (Lipinski definition) is 5. The summed E-state index contributed by atoms with van der Waals surface area (Å²) in [5.41, 5.74) is 1.78. The molecule has 0 saturated carbocycles. The summed E-state index contributed by atoms with van der Waals surface area (Å²) in [7, 11) is 3.34. The Labute approximate surface area is 125 Å². The zero-order valence-corrected chi connectivity index (χ0v) is 12.7. The Morgan fingerprint density at radius 3 is 2.90 bits per heavy atom. The Kier molecular flexibility index (Phi) is 3.38.